The van der Waals surface area contributed by atoms with Crippen LogP contribution in [0.1, 0.15) is 27.6 Å². The number of hydrogen-bond donors (Lipinski definition) is 1. The van der Waals surface area contributed by atoms with Crippen molar-refractivity contribution >= 4 is 11.6 Å². The van der Waals surface area contributed by atoms with Crippen LogP contribution in [0.15, 0.2) is 35.9 Å². The molecule has 2 rings (SSSR count). The zero-order chi connectivity index (χ0) is 12.4. The molecule has 0 saturated carbocycles. The van der Waals surface area contributed by atoms with Crippen LogP contribution in [-0.4, -0.2) is 25.2 Å². The van der Waals surface area contributed by atoms with Crippen molar-refractivity contribution in [2.45, 2.75) is 6.92 Å². The average molecular weight is 229 g/mol. The molecule has 0 amide bonds. The highest BCUT2D eigenvalue weighted by molar-refractivity contribution is 6.24. The average Bonchev–Trinajstić information content (AvgIpc) is 2.34. The van der Waals surface area contributed by atoms with E-state index >= 15 is 0 Å². The molecule has 0 aliphatic heterocycles. The van der Waals surface area contributed by atoms with E-state index in [-0.39, 0.29) is 17.5 Å². The van der Waals surface area contributed by atoms with E-state index in [2.05, 4.69) is 5.32 Å². The van der Waals surface area contributed by atoms with Crippen LogP contribution >= 0.6 is 0 Å². The highest BCUT2D eigenvalue weighted by atomic mass is 16.1. The number of carbonyl (C=O) groups excluding carboxylic acids is 2. The molecule has 0 radical (unpaired) electrons. The first-order valence-electron chi connectivity index (χ1n) is 5.69. The van der Waals surface area contributed by atoms with E-state index < -0.39 is 0 Å². The number of benzene rings is 1. The second-order valence-electron chi connectivity index (χ2n) is 4.30. The van der Waals surface area contributed by atoms with Crippen LogP contribution in [0.2, 0.25) is 0 Å². The third-order valence-electron chi connectivity index (χ3n) is 3.03. The fraction of sp³-hybridized carbons (Fsp3) is 0.286. The van der Waals surface area contributed by atoms with Gasteiger partial charge in [-0.3, -0.25) is 9.59 Å². The van der Waals surface area contributed by atoms with Crippen molar-refractivity contribution in [3.8, 4) is 0 Å². The highest BCUT2D eigenvalue weighted by Gasteiger charge is 2.27. The largest absolute Gasteiger partial charge is 0.319 e. The van der Waals surface area contributed by atoms with Crippen molar-refractivity contribution in [1.82, 2.24) is 5.32 Å². The van der Waals surface area contributed by atoms with Gasteiger partial charge in [-0.25, -0.2) is 0 Å². The van der Waals surface area contributed by atoms with Gasteiger partial charge in [0.15, 0.2) is 11.6 Å². The first kappa shape index (κ1) is 11.7. The monoisotopic (exact) mass is 229 g/mol. The van der Waals surface area contributed by atoms with Gasteiger partial charge in [0.1, 0.15) is 0 Å². The third-order valence-corrected chi connectivity index (χ3v) is 3.03. The van der Waals surface area contributed by atoms with Crippen molar-refractivity contribution in [3.05, 3.63) is 47.0 Å². The van der Waals surface area contributed by atoms with E-state index in [0.29, 0.717) is 23.2 Å². The number of hydrogen-bond acceptors (Lipinski definition) is 3. The molecule has 0 bridgehead atoms. The van der Waals surface area contributed by atoms with E-state index in [1.807, 2.05) is 14.0 Å². The van der Waals surface area contributed by atoms with Gasteiger partial charge in [-0.05, 0) is 19.0 Å². The summed E-state index contributed by atoms with van der Waals surface area (Å²) in [7, 11) is 1.83. The number of allylic oxidation sites excluding steroid dienone is 1. The Balaban J connectivity index is 2.41. The molecule has 1 N–H and O–H groups in total. The molecule has 1 aromatic rings. The molecule has 0 heterocycles. The second-order valence-corrected chi connectivity index (χ2v) is 4.30. The van der Waals surface area contributed by atoms with Crippen molar-refractivity contribution in [1.29, 1.82) is 0 Å². The number of carbonyl (C=O) groups is 2. The normalized spacial score (nSPS) is 16.5. The van der Waals surface area contributed by atoms with Crippen molar-refractivity contribution in [3.63, 3.8) is 0 Å². The topological polar surface area (TPSA) is 46.2 Å². The molecule has 3 nitrogen and oxygen atoms in total. The Bertz CT molecular complexity index is 503. The Morgan fingerprint density at radius 3 is 2.47 bits per heavy atom. The smallest absolute Gasteiger partial charge is 0.190 e. The van der Waals surface area contributed by atoms with E-state index in [9.17, 15) is 9.59 Å². The number of rotatable bonds is 3. The zero-order valence-electron chi connectivity index (χ0n) is 9.99. The number of Topliss-reactive ketones (excluding diaryl/α,β-unsaturated/α-hetero) is 1. The number of ketones is 2. The first-order valence-corrected chi connectivity index (χ1v) is 5.69. The second kappa shape index (κ2) is 4.63. The number of fused-ring (bicyclic) bond motifs is 1. The lowest BCUT2D eigenvalue weighted by atomic mass is 9.84. The van der Waals surface area contributed by atoms with Crippen LogP contribution in [0.5, 0.6) is 0 Å². The van der Waals surface area contributed by atoms with Crippen LogP contribution in [0.3, 0.4) is 0 Å². The van der Waals surface area contributed by atoms with Crippen LogP contribution in [0.4, 0.5) is 0 Å². The minimum atomic E-state index is -0.0712. The van der Waals surface area contributed by atoms with Gasteiger partial charge in [0, 0.05) is 23.2 Å². The Hall–Kier alpha value is -1.74. The summed E-state index contributed by atoms with van der Waals surface area (Å²) in [5, 5.41) is 3.02. The van der Waals surface area contributed by atoms with Crippen LogP contribution in [0, 0.1) is 5.92 Å². The Labute approximate surface area is 101 Å². The lowest BCUT2D eigenvalue weighted by molar-refractivity contribution is 0.0975. The Morgan fingerprint density at radius 1 is 1.18 bits per heavy atom. The molecule has 1 aliphatic carbocycles. The van der Waals surface area contributed by atoms with E-state index in [1.165, 1.54) is 6.08 Å². The third kappa shape index (κ3) is 2.06. The summed E-state index contributed by atoms with van der Waals surface area (Å²) in [5.74, 6) is -0.0501. The lowest BCUT2D eigenvalue weighted by Gasteiger charge is -2.19. The molecule has 1 aliphatic rings. The standard InChI is InChI=1S/C14H15NO2/c1-9(8-15-2)12-7-13(16)10-5-3-4-6-11(10)14(12)17/h3-7,9,15H,8H2,1-2H3. The molecule has 0 saturated heterocycles. The van der Waals surface area contributed by atoms with E-state index in [4.69, 9.17) is 0 Å². The van der Waals surface area contributed by atoms with Crippen molar-refractivity contribution in [2.75, 3.05) is 13.6 Å². The van der Waals surface area contributed by atoms with Gasteiger partial charge >= 0.3 is 0 Å². The van der Waals surface area contributed by atoms with Gasteiger partial charge in [-0.1, -0.05) is 31.2 Å². The highest BCUT2D eigenvalue weighted by Crippen LogP contribution is 2.25. The maximum atomic E-state index is 12.2. The van der Waals surface area contributed by atoms with Gasteiger partial charge < -0.3 is 5.32 Å². The van der Waals surface area contributed by atoms with Crippen LogP contribution in [0.25, 0.3) is 0 Å². The zero-order valence-corrected chi connectivity index (χ0v) is 9.99. The Kier molecular flexibility index (Phi) is 3.20. The maximum absolute atomic E-state index is 12.2. The summed E-state index contributed by atoms with van der Waals surface area (Å²) < 4.78 is 0. The summed E-state index contributed by atoms with van der Waals surface area (Å²) >= 11 is 0. The first-order chi connectivity index (χ1) is 8.15. The van der Waals surface area contributed by atoms with Crippen molar-refractivity contribution in [2.24, 2.45) is 5.92 Å². The fourth-order valence-electron chi connectivity index (χ4n) is 2.12. The fourth-order valence-corrected chi connectivity index (χ4v) is 2.12. The van der Waals surface area contributed by atoms with Gasteiger partial charge in [-0.15, -0.1) is 0 Å². The molecular weight excluding hydrogens is 214 g/mol. The quantitative estimate of drug-likeness (QED) is 0.860. The summed E-state index contributed by atoms with van der Waals surface area (Å²) in [6.45, 7) is 2.63. The summed E-state index contributed by atoms with van der Waals surface area (Å²) in [4.78, 5) is 24.1. The molecule has 1 unspecified atom stereocenters. The molecule has 0 aromatic heterocycles. The summed E-state index contributed by atoms with van der Waals surface area (Å²) in [6, 6.07) is 6.98. The van der Waals surface area contributed by atoms with Gasteiger partial charge in [-0.2, -0.15) is 0 Å². The molecule has 0 fully saturated rings. The lowest BCUT2D eigenvalue weighted by Crippen LogP contribution is -2.26. The molecule has 17 heavy (non-hydrogen) atoms. The van der Waals surface area contributed by atoms with E-state index in [1.54, 1.807) is 24.3 Å². The molecule has 3 heteroatoms. The van der Waals surface area contributed by atoms with E-state index in [0.717, 1.165) is 0 Å². The van der Waals surface area contributed by atoms with Gasteiger partial charge in [0.2, 0.25) is 0 Å². The maximum Gasteiger partial charge on any atom is 0.190 e. The molecule has 1 atom stereocenters. The van der Waals surface area contributed by atoms with Gasteiger partial charge in [0.25, 0.3) is 0 Å². The number of nitrogens with one attached hydrogen (secondary N) is 1. The minimum absolute atomic E-state index is 0.0250. The van der Waals surface area contributed by atoms with Gasteiger partial charge in [0.05, 0.1) is 0 Å². The van der Waals surface area contributed by atoms with Crippen LogP contribution in [-0.2, 0) is 0 Å². The molecule has 0 spiro atoms. The van der Waals surface area contributed by atoms with Crippen molar-refractivity contribution < 1.29 is 9.59 Å². The predicted octanol–water partition coefficient (Wildman–Crippen LogP) is 1.85. The Morgan fingerprint density at radius 2 is 1.82 bits per heavy atom. The minimum Gasteiger partial charge on any atom is -0.319 e. The summed E-state index contributed by atoms with van der Waals surface area (Å²) in [5.41, 5.74) is 1.64. The predicted molar refractivity (Wildman–Crippen MR) is 66.3 cm³/mol. The molecule has 1 aromatic carbocycles. The SMILES string of the molecule is CNCC(C)C1=CC(=O)c2ccccc2C1=O. The molecule has 88 valence electrons. The summed E-state index contributed by atoms with van der Waals surface area (Å²) in [6.07, 6.45) is 1.48. The molecular formula is C14H15NO2. The van der Waals surface area contributed by atoms with Crippen LogP contribution < -0.4 is 5.32 Å².